The monoisotopic (exact) mass is 192 g/mol. The van der Waals surface area contributed by atoms with Gasteiger partial charge < -0.3 is 10.5 Å². The molecule has 0 bridgehead atoms. The molecule has 0 heterocycles. The summed E-state index contributed by atoms with van der Waals surface area (Å²) < 4.78 is 5.59. The molecule has 0 amide bonds. The van der Waals surface area contributed by atoms with Crippen LogP contribution in [0.3, 0.4) is 0 Å². The van der Waals surface area contributed by atoms with Gasteiger partial charge in [-0.3, -0.25) is 5.41 Å². The topological polar surface area (TPSA) is 59.1 Å². The normalized spacial score (nSPS) is 10.2. The average molecular weight is 192 g/mol. The van der Waals surface area contributed by atoms with E-state index in [4.69, 9.17) is 15.9 Å². The third-order valence-corrected chi connectivity index (χ3v) is 1.72. The largest absolute Gasteiger partial charge is 0.491 e. The minimum atomic E-state index is 0.142. The molecule has 0 radical (unpaired) electrons. The Labute approximate surface area is 84.4 Å². The van der Waals surface area contributed by atoms with Gasteiger partial charge in [0.25, 0.3) is 0 Å². The zero-order valence-corrected chi connectivity index (χ0v) is 8.58. The number of para-hydroxylation sites is 1. The molecule has 0 saturated heterocycles. The second kappa shape index (κ2) is 4.65. The number of hydrogen-bond donors (Lipinski definition) is 2. The van der Waals surface area contributed by atoms with Crippen molar-refractivity contribution in [1.82, 2.24) is 0 Å². The molecule has 0 aliphatic heterocycles. The van der Waals surface area contributed by atoms with Gasteiger partial charge in [-0.05, 0) is 19.9 Å². The Kier molecular flexibility index (Phi) is 3.51. The quantitative estimate of drug-likeness (QED) is 0.566. The van der Waals surface area contributed by atoms with Crippen molar-refractivity contribution in [2.45, 2.75) is 26.4 Å². The Balaban J connectivity index is 2.85. The van der Waals surface area contributed by atoms with Crippen molar-refractivity contribution in [2.24, 2.45) is 5.73 Å². The van der Waals surface area contributed by atoms with Gasteiger partial charge in [-0.15, -0.1) is 0 Å². The molecule has 0 aromatic heterocycles. The summed E-state index contributed by atoms with van der Waals surface area (Å²) >= 11 is 0. The number of benzene rings is 1. The Morgan fingerprint density at radius 1 is 1.43 bits per heavy atom. The number of rotatable bonds is 4. The van der Waals surface area contributed by atoms with Crippen LogP contribution in [0.4, 0.5) is 0 Å². The van der Waals surface area contributed by atoms with Crippen molar-refractivity contribution >= 4 is 5.84 Å². The predicted molar refractivity (Wildman–Crippen MR) is 57.8 cm³/mol. The zero-order chi connectivity index (χ0) is 10.6. The zero-order valence-electron chi connectivity index (χ0n) is 8.58. The van der Waals surface area contributed by atoms with Crippen LogP contribution in [0.25, 0.3) is 0 Å². The van der Waals surface area contributed by atoms with E-state index >= 15 is 0 Å². The molecule has 0 spiro atoms. The molecular weight excluding hydrogens is 176 g/mol. The Morgan fingerprint density at radius 2 is 2.07 bits per heavy atom. The van der Waals surface area contributed by atoms with Gasteiger partial charge in [0.05, 0.1) is 11.9 Å². The fraction of sp³-hybridized carbons (Fsp3) is 0.364. The van der Waals surface area contributed by atoms with Crippen LogP contribution in [0.5, 0.6) is 5.75 Å². The summed E-state index contributed by atoms with van der Waals surface area (Å²) in [5.41, 5.74) is 6.32. The lowest BCUT2D eigenvalue weighted by Crippen LogP contribution is -2.14. The molecule has 3 N–H and O–H groups in total. The first kappa shape index (κ1) is 10.6. The SMILES string of the molecule is CC(C)Oc1ccccc1CC(=N)N. The van der Waals surface area contributed by atoms with E-state index < -0.39 is 0 Å². The molecule has 0 aliphatic rings. The number of ether oxygens (including phenoxy) is 1. The molecule has 1 aromatic rings. The number of amidine groups is 1. The summed E-state index contributed by atoms with van der Waals surface area (Å²) in [6.45, 7) is 3.95. The fourth-order valence-corrected chi connectivity index (χ4v) is 1.22. The number of nitrogens with one attached hydrogen (secondary N) is 1. The maximum absolute atomic E-state index is 7.23. The summed E-state index contributed by atoms with van der Waals surface area (Å²) in [5.74, 6) is 0.975. The smallest absolute Gasteiger partial charge is 0.123 e. The average Bonchev–Trinajstić information content (AvgIpc) is 2.06. The first-order chi connectivity index (χ1) is 6.59. The highest BCUT2D eigenvalue weighted by Crippen LogP contribution is 2.19. The van der Waals surface area contributed by atoms with Crippen molar-refractivity contribution < 1.29 is 4.74 Å². The maximum Gasteiger partial charge on any atom is 0.123 e. The minimum Gasteiger partial charge on any atom is -0.491 e. The molecule has 1 rings (SSSR count). The van der Waals surface area contributed by atoms with Crippen LogP contribution in [0.2, 0.25) is 0 Å². The highest BCUT2D eigenvalue weighted by molar-refractivity contribution is 5.80. The summed E-state index contributed by atoms with van der Waals surface area (Å²) in [7, 11) is 0. The third-order valence-electron chi connectivity index (χ3n) is 1.72. The predicted octanol–water partition coefficient (Wildman–Crippen LogP) is 1.95. The maximum atomic E-state index is 7.23. The third kappa shape index (κ3) is 3.09. The molecule has 0 unspecified atom stereocenters. The molecule has 0 fully saturated rings. The first-order valence-corrected chi connectivity index (χ1v) is 4.67. The van der Waals surface area contributed by atoms with E-state index in [-0.39, 0.29) is 11.9 Å². The lowest BCUT2D eigenvalue weighted by atomic mass is 10.1. The van der Waals surface area contributed by atoms with E-state index in [0.717, 1.165) is 11.3 Å². The number of nitrogens with two attached hydrogens (primary N) is 1. The lowest BCUT2D eigenvalue weighted by Gasteiger charge is -2.13. The molecule has 0 saturated carbocycles. The standard InChI is InChI=1S/C11H16N2O/c1-8(2)14-10-6-4-3-5-9(10)7-11(12)13/h3-6,8H,7H2,1-2H3,(H3,12,13). The van der Waals surface area contributed by atoms with Gasteiger partial charge in [0.2, 0.25) is 0 Å². The molecule has 0 atom stereocenters. The van der Waals surface area contributed by atoms with Gasteiger partial charge >= 0.3 is 0 Å². The van der Waals surface area contributed by atoms with Crippen molar-refractivity contribution in [3.8, 4) is 5.75 Å². The van der Waals surface area contributed by atoms with Gasteiger partial charge in [-0.25, -0.2) is 0 Å². The molecule has 14 heavy (non-hydrogen) atoms. The van der Waals surface area contributed by atoms with Crippen molar-refractivity contribution in [3.05, 3.63) is 29.8 Å². The summed E-state index contributed by atoms with van der Waals surface area (Å²) in [4.78, 5) is 0. The van der Waals surface area contributed by atoms with Crippen molar-refractivity contribution in [2.75, 3.05) is 0 Å². The van der Waals surface area contributed by atoms with Crippen molar-refractivity contribution in [3.63, 3.8) is 0 Å². The van der Waals surface area contributed by atoms with Gasteiger partial charge in [-0.1, -0.05) is 18.2 Å². The van der Waals surface area contributed by atoms with Gasteiger partial charge in [0, 0.05) is 12.0 Å². The summed E-state index contributed by atoms with van der Waals surface area (Å²) in [6, 6.07) is 7.67. The van der Waals surface area contributed by atoms with Gasteiger partial charge in [-0.2, -0.15) is 0 Å². The van der Waals surface area contributed by atoms with Crippen LogP contribution in [0.15, 0.2) is 24.3 Å². The van der Waals surface area contributed by atoms with Crippen LogP contribution in [0.1, 0.15) is 19.4 Å². The van der Waals surface area contributed by atoms with Crippen molar-refractivity contribution in [1.29, 1.82) is 5.41 Å². The van der Waals surface area contributed by atoms with Crippen LogP contribution in [-0.4, -0.2) is 11.9 Å². The van der Waals surface area contributed by atoms with E-state index in [0.29, 0.717) is 6.42 Å². The number of hydrogen-bond acceptors (Lipinski definition) is 2. The Bertz CT molecular complexity index is 321. The molecule has 1 aromatic carbocycles. The molecule has 3 heteroatoms. The minimum absolute atomic E-state index is 0.142. The molecular formula is C11H16N2O. The summed E-state index contributed by atoms with van der Waals surface area (Å²) in [5, 5.41) is 7.23. The molecule has 76 valence electrons. The highest BCUT2D eigenvalue weighted by atomic mass is 16.5. The molecule has 0 aliphatic carbocycles. The second-order valence-electron chi connectivity index (χ2n) is 3.48. The second-order valence-corrected chi connectivity index (χ2v) is 3.48. The Morgan fingerprint density at radius 3 is 2.64 bits per heavy atom. The molecule has 3 nitrogen and oxygen atoms in total. The van der Waals surface area contributed by atoms with Crippen LogP contribution >= 0.6 is 0 Å². The van der Waals surface area contributed by atoms with E-state index in [9.17, 15) is 0 Å². The van der Waals surface area contributed by atoms with Gasteiger partial charge in [0.15, 0.2) is 0 Å². The van der Waals surface area contributed by atoms with Gasteiger partial charge in [0.1, 0.15) is 5.75 Å². The van der Waals surface area contributed by atoms with Crippen LogP contribution in [-0.2, 0) is 6.42 Å². The first-order valence-electron chi connectivity index (χ1n) is 4.67. The van der Waals surface area contributed by atoms with E-state index in [1.165, 1.54) is 0 Å². The summed E-state index contributed by atoms with van der Waals surface area (Å²) in [6.07, 6.45) is 0.589. The van der Waals surface area contributed by atoms with E-state index in [2.05, 4.69) is 0 Å². The van der Waals surface area contributed by atoms with Crippen LogP contribution < -0.4 is 10.5 Å². The fourth-order valence-electron chi connectivity index (χ4n) is 1.22. The van der Waals surface area contributed by atoms with E-state index in [1.807, 2.05) is 38.1 Å². The van der Waals surface area contributed by atoms with E-state index in [1.54, 1.807) is 0 Å². The Hall–Kier alpha value is -1.51. The lowest BCUT2D eigenvalue weighted by molar-refractivity contribution is 0.240. The van der Waals surface area contributed by atoms with Crippen LogP contribution in [0, 0.1) is 5.41 Å². The highest BCUT2D eigenvalue weighted by Gasteiger charge is 2.05.